The highest BCUT2D eigenvalue weighted by Gasteiger charge is 2.01. The van der Waals surface area contributed by atoms with Crippen LogP contribution in [-0.2, 0) is 6.61 Å². The predicted octanol–water partition coefficient (Wildman–Crippen LogP) is 4.02. The van der Waals surface area contributed by atoms with Crippen molar-refractivity contribution in [1.29, 1.82) is 0 Å². The minimum Gasteiger partial charge on any atom is -0.489 e. The molecule has 0 aliphatic rings. The molecular weight excluding hydrogens is 215 g/mol. The van der Waals surface area contributed by atoms with Crippen molar-refractivity contribution < 1.29 is 9.13 Å². The Bertz CT molecular complexity index is 503. The van der Waals surface area contributed by atoms with Gasteiger partial charge in [0, 0.05) is 0 Å². The van der Waals surface area contributed by atoms with Crippen molar-refractivity contribution in [3.05, 3.63) is 65.0 Å². The van der Waals surface area contributed by atoms with Gasteiger partial charge in [-0.15, -0.1) is 0 Å². The number of ether oxygens (including phenoxy) is 1. The smallest absolute Gasteiger partial charge is 0.123 e. The largest absolute Gasteiger partial charge is 0.489 e. The Morgan fingerprint density at radius 3 is 2.35 bits per heavy atom. The Kier molecular flexibility index (Phi) is 3.43. The third-order valence-corrected chi connectivity index (χ3v) is 2.65. The second kappa shape index (κ2) is 5.00. The predicted molar refractivity (Wildman–Crippen MR) is 66.6 cm³/mol. The summed E-state index contributed by atoms with van der Waals surface area (Å²) in [5.41, 5.74) is 3.16. The van der Waals surface area contributed by atoms with Crippen molar-refractivity contribution in [3.63, 3.8) is 0 Å². The molecule has 0 N–H and O–H groups in total. The molecule has 0 radical (unpaired) electrons. The summed E-state index contributed by atoms with van der Waals surface area (Å²) in [6.07, 6.45) is 0. The second-order valence-corrected chi connectivity index (χ2v) is 4.18. The lowest BCUT2D eigenvalue weighted by Crippen LogP contribution is -1.97. The highest BCUT2D eigenvalue weighted by atomic mass is 19.1. The summed E-state index contributed by atoms with van der Waals surface area (Å²) < 4.78 is 18.6. The van der Waals surface area contributed by atoms with E-state index in [1.54, 1.807) is 6.07 Å². The number of hydrogen-bond acceptors (Lipinski definition) is 1. The SMILES string of the molecule is Cc1ccc(COc2ccc(F)cc2C)cc1. The molecule has 2 aromatic rings. The minimum absolute atomic E-state index is 0.231. The van der Waals surface area contributed by atoms with Crippen LogP contribution in [0.5, 0.6) is 5.75 Å². The molecule has 1 nitrogen and oxygen atoms in total. The van der Waals surface area contributed by atoms with Gasteiger partial charge in [-0.2, -0.15) is 0 Å². The zero-order chi connectivity index (χ0) is 12.3. The van der Waals surface area contributed by atoms with Crippen LogP contribution < -0.4 is 4.74 Å². The molecule has 17 heavy (non-hydrogen) atoms. The molecule has 0 aliphatic heterocycles. The van der Waals surface area contributed by atoms with Crippen LogP contribution in [0.15, 0.2) is 42.5 Å². The van der Waals surface area contributed by atoms with E-state index in [2.05, 4.69) is 19.1 Å². The first-order chi connectivity index (χ1) is 8.15. The van der Waals surface area contributed by atoms with Gasteiger partial charge >= 0.3 is 0 Å². The molecule has 0 unspecified atom stereocenters. The molecule has 0 bridgehead atoms. The first-order valence-corrected chi connectivity index (χ1v) is 5.59. The quantitative estimate of drug-likeness (QED) is 0.773. The molecule has 0 atom stereocenters. The van der Waals surface area contributed by atoms with Crippen LogP contribution in [0.4, 0.5) is 4.39 Å². The van der Waals surface area contributed by atoms with Gasteiger partial charge in [0.25, 0.3) is 0 Å². The van der Waals surface area contributed by atoms with Gasteiger partial charge in [-0.3, -0.25) is 0 Å². The lowest BCUT2D eigenvalue weighted by molar-refractivity contribution is 0.303. The first kappa shape index (κ1) is 11.6. The molecule has 0 heterocycles. The summed E-state index contributed by atoms with van der Waals surface area (Å²) in [6, 6.07) is 12.7. The summed E-state index contributed by atoms with van der Waals surface area (Å²) in [7, 11) is 0. The molecule has 0 fully saturated rings. The maximum atomic E-state index is 12.9. The van der Waals surface area contributed by atoms with Gasteiger partial charge in [-0.05, 0) is 43.2 Å². The van der Waals surface area contributed by atoms with Crippen molar-refractivity contribution in [2.45, 2.75) is 20.5 Å². The molecule has 2 heteroatoms. The van der Waals surface area contributed by atoms with E-state index in [1.165, 1.54) is 17.7 Å². The average molecular weight is 230 g/mol. The number of halogens is 1. The standard InChI is InChI=1S/C15H15FO/c1-11-3-5-13(6-4-11)10-17-15-8-7-14(16)9-12(15)2/h3-9H,10H2,1-2H3. The van der Waals surface area contributed by atoms with E-state index in [0.29, 0.717) is 6.61 Å². The Morgan fingerprint density at radius 1 is 1.00 bits per heavy atom. The number of benzene rings is 2. The number of hydrogen-bond donors (Lipinski definition) is 0. The molecular formula is C15H15FO. The zero-order valence-corrected chi connectivity index (χ0v) is 10.0. The summed E-state index contributed by atoms with van der Waals surface area (Å²) in [5, 5.41) is 0. The second-order valence-electron chi connectivity index (χ2n) is 4.18. The average Bonchev–Trinajstić information content (AvgIpc) is 2.30. The van der Waals surface area contributed by atoms with Crippen LogP contribution in [0, 0.1) is 19.7 Å². The molecule has 0 amide bonds. The van der Waals surface area contributed by atoms with Gasteiger partial charge in [0.2, 0.25) is 0 Å². The van der Waals surface area contributed by atoms with E-state index >= 15 is 0 Å². The van der Waals surface area contributed by atoms with E-state index in [0.717, 1.165) is 16.9 Å². The van der Waals surface area contributed by atoms with Crippen molar-refractivity contribution in [2.75, 3.05) is 0 Å². The van der Waals surface area contributed by atoms with Gasteiger partial charge in [0.1, 0.15) is 18.2 Å². The first-order valence-electron chi connectivity index (χ1n) is 5.59. The van der Waals surface area contributed by atoms with Gasteiger partial charge < -0.3 is 4.74 Å². The lowest BCUT2D eigenvalue weighted by atomic mass is 10.1. The fourth-order valence-corrected chi connectivity index (χ4v) is 1.62. The van der Waals surface area contributed by atoms with E-state index < -0.39 is 0 Å². The monoisotopic (exact) mass is 230 g/mol. The number of rotatable bonds is 3. The van der Waals surface area contributed by atoms with Crippen LogP contribution in [0.2, 0.25) is 0 Å². The summed E-state index contributed by atoms with van der Waals surface area (Å²) >= 11 is 0. The maximum absolute atomic E-state index is 12.9. The molecule has 0 spiro atoms. The molecule has 0 saturated heterocycles. The summed E-state index contributed by atoms with van der Waals surface area (Å²) in [5.74, 6) is 0.497. The molecule has 2 rings (SSSR count). The molecule has 2 aromatic carbocycles. The van der Waals surface area contributed by atoms with Crippen LogP contribution in [0.1, 0.15) is 16.7 Å². The van der Waals surface area contributed by atoms with Crippen LogP contribution in [0.3, 0.4) is 0 Å². The highest BCUT2D eigenvalue weighted by Crippen LogP contribution is 2.19. The Hall–Kier alpha value is -1.83. The summed E-state index contributed by atoms with van der Waals surface area (Å²) in [4.78, 5) is 0. The zero-order valence-electron chi connectivity index (χ0n) is 10.0. The molecule has 0 aliphatic carbocycles. The molecule has 88 valence electrons. The normalized spacial score (nSPS) is 10.3. The topological polar surface area (TPSA) is 9.23 Å². The fourth-order valence-electron chi connectivity index (χ4n) is 1.62. The van der Waals surface area contributed by atoms with Gasteiger partial charge in [-0.1, -0.05) is 29.8 Å². The van der Waals surface area contributed by atoms with Crippen LogP contribution in [0.25, 0.3) is 0 Å². The van der Waals surface area contributed by atoms with Crippen molar-refractivity contribution >= 4 is 0 Å². The van der Waals surface area contributed by atoms with Crippen LogP contribution >= 0.6 is 0 Å². The van der Waals surface area contributed by atoms with E-state index in [4.69, 9.17) is 4.74 Å². The maximum Gasteiger partial charge on any atom is 0.123 e. The van der Waals surface area contributed by atoms with Gasteiger partial charge in [0.05, 0.1) is 0 Å². The minimum atomic E-state index is -0.231. The van der Waals surface area contributed by atoms with Crippen molar-refractivity contribution in [1.82, 2.24) is 0 Å². The fraction of sp³-hybridized carbons (Fsp3) is 0.200. The number of aryl methyl sites for hydroxylation is 2. The highest BCUT2D eigenvalue weighted by molar-refractivity contribution is 5.33. The Morgan fingerprint density at radius 2 is 1.71 bits per heavy atom. The molecule has 0 saturated carbocycles. The van der Waals surface area contributed by atoms with Crippen LogP contribution in [-0.4, -0.2) is 0 Å². The van der Waals surface area contributed by atoms with E-state index in [1.807, 2.05) is 19.1 Å². The van der Waals surface area contributed by atoms with E-state index in [-0.39, 0.29) is 5.82 Å². The Labute approximate surface area is 101 Å². The van der Waals surface area contributed by atoms with Crippen molar-refractivity contribution in [2.24, 2.45) is 0 Å². The lowest BCUT2D eigenvalue weighted by Gasteiger charge is -2.09. The Balaban J connectivity index is 2.04. The third kappa shape index (κ3) is 3.06. The molecule has 0 aromatic heterocycles. The summed E-state index contributed by atoms with van der Waals surface area (Å²) in [6.45, 7) is 4.40. The van der Waals surface area contributed by atoms with Crippen molar-refractivity contribution in [3.8, 4) is 5.75 Å². The third-order valence-electron chi connectivity index (χ3n) is 2.65. The van der Waals surface area contributed by atoms with Gasteiger partial charge in [-0.25, -0.2) is 4.39 Å². The van der Waals surface area contributed by atoms with E-state index in [9.17, 15) is 4.39 Å². The van der Waals surface area contributed by atoms with Gasteiger partial charge in [0.15, 0.2) is 0 Å².